The van der Waals surface area contributed by atoms with Crippen LogP contribution in [0.15, 0.2) is 36.4 Å². The van der Waals surface area contributed by atoms with Gasteiger partial charge in [0.2, 0.25) is 0 Å². The molecule has 0 aliphatic carbocycles. The highest BCUT2D eigenvalue weighted by molar-refractivity contribution is 6.34. The number of nitrogens with zero attached hydrogens (tertiary/aromatic N) is 1. The Morgan fingerprint density at radius 3 is 2.59 bits per heavy atom. The van der Waals surface area contributed by atoms with Gasteiger partial charge < -0.3 is 24.4 Å². The highest BCUT2D eigenvalue weighted by atomic mass is 35.5. The molecule has 0 saturated carbocycles. The number of halogens is 2. The van der Waals surface area contributed by atoms with Gasteiger partial charge in [-0.15, -0.1) is 0 Å². The molecule has 6 nitrogen and oxygen atoms in total. The first-order chi connectivity index (χ1) is 13.0. The zero-order valence-electron chi connectivity index (χ0n) is 15.0. The zero-order chi connectivity index (χ0) is 19.4. The summed E-state index contributed by atoms with van der Waals surface area (Å²) in [7, 11) is 3.08. The molecule has 1 aliphatic heterocycles. The molecule has 1 aliphatic rings. The average Bonchev–Trinajstić information content (AvgIpc) is 2.67. The summed E-state index contributed by atoms with van der Waals surface area (Å²) in [5.41, 5.74) is 1.37. The number of morpholine rings is 1. The van der Waals surface area contributed by atoms with Crippen molar-refractivity contribution in [3.8, 4) is 11.5 Å². The van der Waals surface area contributed by atoms with Crippen LogP contribution in [-0.4, -0.2) is 44.8 Å². The Hall–Kier alpha value is -2.15. The molecule has 144 valence electrons. The molecule has 0 aromatic heterocycles. The molecule has 1 saturated heterocycles. The first kappa shape index (κ1) is 19.6. The molecule has 2 aromatic carbocycles. The van der Waals surface area contributed by atoms with E-state index < -0.39 is 0 Å². The average molecular weight is 411 g/mol. The monoisotopic (exact) mass is 410 g/mol. The SMILES string of the molecule is COc1cccc(NC(=O)N2CCOC(c3cc(Cl)cc(Cl)c3)C2)c1OC. The van der Waals surface area contributed by atoms with E-state index in [2.05, 4.69) is 5.32 Å². The van der Waals surface area contributed by atoms with Gasteiger partial charge in [0.25, 0.3) is 0 Å². The predicted molar refractivity (Wildman–Crippen MR) is 105 cm³/mol. The van der Waals surface area contributed by atoms with Crippen LogP contribution in [-0.2, 0) is 4.74 Å². The van der Waals surface area contributed by atoms with E-state index in [0.717, 1.165) is 5.56 Å². The summed E-state index contributed by atoms with van der Waals surface area (Å²) in [5, 5.41) is 3.94. The summed E-state index contributed by atoms with van der Waals surface area (Å²) in [6.45, 7) is 1.27. The molecule has 3 rings (SSSR count). The number of urea groups is 1. The van der Waals surface area contributed by atoms with Crippen molar-refractivity contribution in [2.24, 2.45) is 0 Å². The molecular weight excluding hydrogens is 391 g/mol. The maximum absolute atomic E-state index is 12.8. The largest absolute Gasteiger partial charge is 0.493 e. The van der Waals surface area contributed by atoms with Gasteiger partial charge in [0.1, 0.15) is 6.10 Å². The number of carbonyl (C=O) groups excluding carboxylic acids is 1. The number of amides is 2. The highest BCUT2D eigenvalue weighted by Gasteiger charge is 2.26. The van der Waals surface area contributed by atoms with E-state index in [9.17, 15) is 4.79 Å². The van der Waals surface area contributed by atoms with Gasteiger partial charge in [0.15, 0.2) is 11.5 Å². The summed E-state index contributed by atoms with van der Waals surface area (Å²) in [6, 6.07) is 10.3. The van der Waals surface area contributed by atoms with E-state index >= 15 is 0 Å². The quantitative estimate of drug-likeness (QED) is 0.798. The number of benzene rings is 2. The number of anilines is 1. The van der Waals surface area contributed by atoms with Crippen molar-refractivity contribution < 1.29 is 19.0 Å². The zero-order valence-corrected chi connectivity index (χ0v) is 16.5. The summed E-state index contributed by atoms with van der Waals surface area (Å²) in [6.07, 6.45) is -0.298. The Kier molecular flexibility index (Phi) is 6.31. The number of hydrogen-bond acceptors (Lipinski definition) is 4. The van der Waals surface area contributed by atoms with Crippen LogP contribution in [0.4, 0.5) is 10.5 Å². The Morgan fingerprint density at radius 1 is 1.19 bits per heavy atom. The van der Waals surface area contributed by atoms with Gasteiger partial charge in [-0.1, -0.05) is 29.3 Å². The lowest BCUT2D eigenvalue weighted by Crippen LogP contribution is -2.44. The predicted octanol–water partition coefficient (Wildman–Crippen LogP) is 4.62. The van der Waals surface area contributed by atoms with E-state index in [1.807, 2.05) is 0 Å². The number of rotatable bonds is 4. The van der Waals surface area contributed by atoms with Crippen LogP contribution < -0.4 is 14.8 Å². The highest BCUT2D eigenvalue weighted by Crippen LogP contribution is 2.35. The van der Waals surface area contributed by atoms with Crippen LogP contribution in [0.2, 0.25) is 10.0 Å². The molecular formula is C19H20Cl2N2O4. The van der Waals surface area contributed by atoms with Gasteiger partial charge in [-0.3, -0.25) is 0 Å². The fourth-order valence-electron chi connectivity index (χ4n) is 2.98. The Balaban J connectivity index is 1.74. The van der Waals surface area contributed by atoms with Gasteiger partial charge in [-0.25, -0.2) is 4.79 Å². The van der Waals surface area contributed by atoms with Crippen molar-refractivity contribution in [2.45, 2.75) is 6.10 Å². The van der Waals surface area contributed by atoms with Gasteiger partial charge >= 0.3 is 6.03 Å². The molecule has 1 N–H and O–H groups in total. The molecule has 1 fully saturated rings. The van der Waals surface area contributed by atoms with Crippen molar-refractivity contribution in [3.63, 3.8) is 0 Å². The molecule has 0 radical (unpaired) electrons. The normalized spacial score (nSPS) is 16.7. The lowest BCUT2D eigenvalue weighted by Gasteiger charge is -2.33. The first-order valence-electron chi connectivity index (χ1n) is 8.36. The van der Waals surface area contributed by atoms with Crippen molar-refractivity contribution in [1.82, 2.24) is 4.90 Å². The fraction of sp³-hybridized carbons (Fsp3) is 0.316. The molecule has 1 unspecified atom stereocenters. The molecule has 0 spiro atoms. The lowest BCUT2D eigenvalue weighted by molar-refractivity contribution is -0.0135. The number of nitrogens with one attached hydrogen (secondary N) is 1. The molecule has 2 amide bonds. The molecule has 8 heteroatoms. The van der Waals surface area contributed by atoms with Crippen LogP contribution >= 0.6 is 23.2 Å². The van der Waals surface area contributed by atoms with Crippen molar-refractivity contribution in [3.05, 3.63) is 52.0 Å². The fourth-order valence-corrected chi connectivity index (χ4v) is 3.52. The number of ether oxygens (including phenoxy) is 3. The molecule has 0 bridgehead atoms. The number of methoxy groups -OCH3 is 2. The minimum atomic E-state index is -0.298. The first-order valence-corrected chi connectivity index (χ1v) is 9.12. The number of hydrogen-bond donors (Lipinski definition) is 1. The van der Waals surface area contributed by atoms with E-state index in [4.69, 9.17) is 37.4 Å². The van der Waals surface area contributed by atoms with Crippen LogP contribution in [0.1, 0.15) is 11.7 Å². The molecule has 27 heavy (non-hydrogen) atoms. The maximum Gasteiger partial charge on any atom is 0.322 e. The molecule has 1 heterocycles. The number of carbonyl (C=O) groups is 1. The Morgan fingerprint density at radius 2 is 1.93 bits per heavy atom. The Bertz CT molecular complexity index is 811. The van der Waals surface area contributed by atoms with Gasteiger partial charge in [0.05, 0.1) is 33.1 Å². The second-order valence-corrected chi connectivity index (χ2v) is 6.85. The topological polar surface area (TPSA) is 60.0 Å². The van der Waals surface area contributed by atoms with Crippen molar-refractivity contribution in [1.29, 1.82) is 0 Å². The van der Waals surface area contributed by atoms with E-state index in [0.29, 0.717) is 46.9 Å². The van der Waals surface area contributed by atoms with Crippen LogP contribution in [0.3, 0.4) is 0 Å². The van der Waals surface area contributed by atoms with Gasteiger partial charge in [-0.2, -0.15) is 0 Å². The summed E-state index contributed by atoms with van der Waals surface area (Å²) < 4.78 is 16.4. The standard InChI is InChI=1S/C19H20Cl2N2O4/c1-25-16-5-3-4-15(18(16)26-2)22-19(24)23-6-7-27-17(11-23)12-8-13(20)10-14(21)9-12/h3-5,8-10,17H,6-7,11H2,1-2H3,(H,22,24). The van der Waals surface area contributed by atoms with Crippen LogP contribution in [0.25, 0.3) is 0 Å². The van der Waals surface area contributed by atoms with Crippen LogP contribution in [0, 0.1) is 0 Å². The van der Waals surface area contributed by atoms with E-state index in [1.165, 1.54) is 7.11 Å². The van der Waals surface area contributed by atoms with Gasteiger partial charge in [0, 0.05) is 16.6 Å². The summed E-state index contributed by atoms with van der Waals surface area (Å²) >= 11 is 12.2. The third kappa shape index (κ3) is 4.58. The third-order valence-corrected chi connectivity index (χ3v) is 4.69. The smallest absolute Gasteiger partial charge is 0.322 e. The number of para-hydroxylation sites is 1. The van der Waals surface area contributed by atoms with Crippen molar-refractivity contribution >= 4 is 34.9 Å². The Labute approximate surface area is 167 Å². The minimum Gasteiger partial charge on any atom is -0.493 e. The molecule has 2 aromatic rings. The minimum absolute atomic E-state index is 0.247. The second-order valence-electron chi connectivity index (χ2n) is 5.98. The van der Waals surface area contributed by atoms with E-state index in [1.54, 1.807) is 48.4 Å². The second kappa shape index (κ2) is 8.69. The van der Waals surface area contributed by atoms with E-state index in [-0.39, 0.29) is 12.1 Å². The maximum atomic E-state index is 12.8. The van der Waals surface area contributed by atoms with Gasteiger partial charge in [-0.05, 0) is 35.9 Å². The summed E-state index contributed by atoms with van der Waals surface area (Å²) in [4.78, 5) is 14.4. The summed E-state index contributed by atoms with van der Waals surface area (Å²) in [5.74, 6) is 1.02. The van der Waals surface area contributed by atoms with Crippen molar-refractivity contribution in [2.75, 3.05) is 39.2 Å². The van der Waals surface area contributed by atoms with Crippen LogP contribution in [0.5, 0.6) is 11.5 Å². The third-order valence-electron chi connectivity index (χ3n) is 4.25. The lowest BCUT2D eigenvalue weighted by atomic mass is 10.1. The molecule has 1 atom stereocenters.